The number of sulfonamides is 1. The van der Waals surface area contributed by atoms with Gasteiger partial charge in [0.25, 0.3) is 11.6 Å². The van der Waals surface area contributed by atoms with Crippen molar-refractivity contribution in [1.29, 1.82) is 0 Å². The molecular weight excluding hydrogens is 442 g/mol. The van der Waals surface area contributed by atoms with E-state index in [2.05, 4.69) is 15.1 Å². The van der Waals surface area contributed by atoms with E-state index in [9.17, 15) is 23.3 Å². The summed E-state index contributed by atoms with van der Waals surface area (Å²) < 4.78 is 40.2. The molecular formula is C19H27N5O7S. The summed E-state index contributed by atoms with van der Waals surface area (Å²) in [6, 6.07) is 2.83. The first-order valence-corrected chi connectivity index (χ1v) is 11.3. The Morgan fingerprint density at radius 1 is 1.34 bits per heavy atom. The Kier molecular flexibility index (Phi) is 8.30. The molecule has 0 aliphatic heterocycles. The van der Waals surface area contributed by atoms with Crippen LogP contribution in [0.4, 0.5) is 5.69 Å². The number of nitrogens with zero attached hydrogens (tertiary/aromatic N) is 3. The van der Waals surface area contributed by atoms with Crippen molar-refractivity contribution >= 4 is 21.6 Å². The molecule has 13 heteroatoms. The molecule has 0 aliphatic carbocycles. The average Bonchev–Trinajstić information content (AvgIpc) is 3.02. The first-order chi connectivity index (χ1) is 15.0. The minimum Gasteiger partial charge on any atom is -0.438 e. The number of nitro groups is 1. The Hall–Kier alpha value is -3.03. The van der Waals surface area contributed by atoms with Gasteiger partial charge < -0.3 is 14.8 Å². The van der Waals surface area contributed by atoms with Crippen molar-refractivity contribution in [2.75, 3.05) is 20.3 Å². The van der Waals surface area contributed by atoms with Crippen LogP contribution in [0.3, 0.4) is 0 Å². The number of hydrogen-bond acceptors (Lipinski definition) is 8. The second-order valence-corrected chi connectivity index (χ2v) is 8.79. The number of rotatable bonds is 11. The van der Waals surface area contributed by atoms with E-state index in [0.717, 1.165) is 12.1 Å². The first-order valence-electron chi connectivity index (χ1n) is 9.85. The van der Waals surface area contributed by atoms with Crippen LogP contribution < -0.4 is 14.8 Å². The van der Waals surface area contributed by atoms with Gasteiger partial charge in [-0.25, -0.2) is 17.8 Å². The molecule has 0 atom stereocenters. The fourth-order valence-electron chi connectivity index (χ4n) is 2.83. The van der Waals surface area contributed by atoms with Crippen LogP contribution in [0.5, 0.6) is 11.6 Å². The van der Waals surface area contributed by atoms with Gasteiger partial charge in [-0.15, -0.1) is 0 Å². The monoisotopic (exact) mass is 469 g/mol. The summed E-state index contributed by atoms with van der Waals surface area (Å²) in [6.07, 6.45) is 0. The minimum absolute atomic E-state index is 0.115. The van der Waals surface area contributed by atoms with Crippen molar-refractivity contribution in [2.45, 2.75) is 45.2 Å². The largest absolute Gasteiger partial charge is 0.438 e. The lowest BCUT2D eigenvalue weighted by Crippen LogP contribution is -2.30. The maximum Gasteiger partial charge on any atom is 0.272 e. The fourth-order valence-corrected chi connectivity index (χ4v) is 4.23. The Morgan fingerprint density at radius 3 is 2.59 bits per heavy atom. The van der Waals surface area contributed by atoms with E-state index < -0.39 is 37.5 Å². The maximum atomic E-state index is 12.8. The minimum atomic E-state index is -4.13. The quantitative estimate of drug-likeness (QED) is 0.287. The van der Waals surface area contributed by atoms with Crippen LogP contribution in [0, 0.1) is 17.0 Å². The van der Waals surface area contributed by atoms with Crippen LogP contribution in [-0.4, -0.2) is 55.3 Å². The molecule has 0 bridgehead atoms. The molecule has 0 unspecified atom stereocenters. The van der Waals surface area contributed by atoms with Crippen molar-refractivity contribution < 1.29 is 27.6 Å². The highest BCUT2D eigenvalue weighted by atomic mass is 32.2. The smallest absolute Gasteiger partial charge is 0.272 e. The summed E-state index contributed by atoms with van der Waals surface area (Å²) in [5.74, 6) is -0.415. The molecule has 32 heavy (non-hydrogen) atoms. The number of ether oxygens (including phenoxy) is 2. The summed E-state index contributed by atoms with van der Waals surface area (Å²) in [5.41, 5.74) is 0.102. The Morgan fingerprint density at radius 2 is 2.03 bits per heavy atom. The number of carbonyl (C=O) groups is 1. The van der Waals surface area contributed by atoms with Crippen molar-refractivity contribution in [1.82, 2.24) is 19.8 Å². The Balaban J connectivity index is 2.52. The van der Waals surface area contributed by atoms with Gasteiger partial charge in [-0.1, -0.05) is 0 Å². The van der Waals surface area contributed by atoms with E-state index in [-0.39, 0.29) is 23.9 Å². The van der Waals surface area contributed by atoms with Crippen LogP contribution in [-0.2, 0) is 21.3 Å². The topological polar surface area (TPSA) is 155 Å². The number of amides is 1. The zero-order valence-electron chi connectivity index (χ0n) is 18.5. The number of aryl methyl sites for hydroxylation is 1. The van der Waals surface area contributed by atoms with Gasteiger partial charge in [0.15, 0.2) is 5.69 Å². The highest BCUT2D eigenvalue weighted by molar-refractivity contribution is 7.89. The van der Waals surface area contributed by atoms with Gasteiger partial charge in [0.2, 0.25) is 15.9 Å². The van der Waals surface area contributed by atoms with Gasteiger partial charge in [-0.3, -0.25) is 14.9 Å². The number of carbonyl (C=O) groups excluding carboxylic acids is 1. The van der Waals surface area contributed by atoms with Crippen molar-refractivity contribution in [3.63, 3.8) is 0 Å². The summed E-state index contributed by atoms with van der Waals surface area (Å²) in [4.78, 5) is 22.6. The number of nitrogens with one attached hydrogen (secondary N) is 2. The molecule has 0 aliphatic rings. The summed E-state index contributed by atoms with van der Waals surface area (Å²) in [7, 11) is -2.61. The number of nitro benzene ring substituents is 1. The lowest BCUT2D eigenvalue weighted by Gasteiger charge is -2.15. The van der Waals surface area contributed by atoms with E-state index in [4.69, 9.17) is 9.47 Å². The Labute approximate surface area is 186 Å². The van der Waals surface area contributed by atoms with Crippen LogP contribution in [0.1, 0.15) is 36.8 Å². The van der Waals surface area contributed by atoms with Crippen LogP contribution in [0.15, 0.2) is 23.1 Å². The van der Waals surface area contributed by atoms with Gasteiger partial charge in [0.1, 0.15) is 10.6 Å². The molecule has 2 N–H and O–H groups in total. The van der Waals surface area contributed by atoms with E-state index >= 15 is 0 Å². The second-order valence-electron chi connectivity index (χ2n) is 7.11. The second kappa shape index (κ2) is 10.5. The zero-order chi connectivity index (χ0) is 24.1. The summed E-state index contributed by atoms with van der Waals surface area (Å²) in [5, 5.41) is 18.1. The van der Waals surface area contributed by atoms with Crippen molar-refractivity contribution in [3.8, 4) is 11.6 Å². The summed E-state index contributed by atoms with van der Waals surface area (Å²) in [6.45, 7) is 7.59. The van der Waals surface area contributed by atoms with E-state index in [1.807, 2.05) is 0 Å². The molecule has 2 rings (SSSR count). The van der Waals surface area contributed by atoms with Crippen LogP contribution in [0.25, 0.3) is 0 Å². The van der Waals surface area contributed by atoms with E-state index in [1.165, 1.54) is 17.9 Å². The van der Waals surface area contributed by atoms with E-state index in [1.54, 1.807) is 27.7 Å². The molecule has 1 heterocycles. The number of aromatic nitrogens is 2. The highest BCUT2D eigenvalue weighted by Crippen LogP contribution is 2.34. The normalized spacial score (nSPS) is 11.6. The number of non-ortho nitro benzene ring substituents is 1. The van der Waals surface area contributed by atoms with Gasteiger partial charge in [-0.05, 0) is 33.8 Å². The molecule has 0 saturated carbocycles. The first kappa shape index (κ1) is 25.2. The predicted octanol–water partition coefficient (Wildman–Crippen LogP) is 1.97. The highest BCUT2D eigenvalue weighted by Gasteiger charge is 2.27. The molecule has 0 saturated heterocycles. The third-order valence-electron chi connectivity index (χ3n) is 4.26. The lowest BCUT2D eigenvalue weighted by atomic mass is 10.2. The average molecular weight is 470 g/mol. The third kappa shape index (κ3) is 5.81. The SMILES string of the molecule is CCn1nc(C(=O)NCCOC)c(C)c1Oc1ccc([N+](=O)[O-])cc1S(=O)(=O)NC(C)C. The number of methoxy groups -OCH3 is 1. The van der Waals surface area contributed by atoms with Crippen LogP contribution in [0.2, 0.25) is 0 Å². The fraction of sp³-hybridized carbons (Fsp3) is 0.474. The van der Waals surface area contributed by atoms with E-state index in [0.29, 0.717) is 18.7 Å². The van der Waals surface area contributed by atoms with Crippen molar-refractivity contribution in [2.24, 2.45) is 0 Å². The molecule has 0 radical (unpaired) electrons. The summed E-state index contributed by atoms with van der Waals surface area (Å²) >= 11 is 0. The Bertz CT molecular complexity index is 1100. The molecule has 0 fully saturated rings. The van der Waals surface area contributed by atoms with Crippen LogP contribution >= 0.6 is 0 Å². The molecule has 12 nitrogen and oxygen atoms in total. The van der Waals surface area contributed by atoms with Crippen molar-refractivity contribution in [3.05, 3.63) is 39.6 Å². The van der Waals surface area contributed by atoms with Gasteiger partial charge >= 0.3 is 0 Å². The third-order valence-corrected chi connectivity index (χ3v) is 5.94. The molecule has 0 spiro atoms. The maximum absolute atomic E-state index is 12.8. The molecule has 2 aromatic rings. The number of hydrogen-bond donors (Lipinski definition) is 2. The van der Waals surface area contributed by atoms with Gasteiger partial charge in [-0.2, -0.15) is 5.10 Å². The zero-order valence-corrected chi connectivity index (χ0v) is 19.4. The van der Waals surface area contributed by atoms with Gasteiger partial charge in [0, 0.05) is 43.9 Å². The standard InChI is InChI=1S/C19H27N5O7S/c1-6-23-19(13(4)17(21-23)18(25)20-9-10-30-5)31-15-8-7-14(24(26)27)11-16(15)32(28,29)22-12(2)3/h7-8,11-12,22H,6,9-10H2,1-5H3,(H,20,25). The molecule has 1 aromatic heterocycles. The lowest BCUT2D eigenvalue weighted by molar-refractivity contribution is -0.385. The van der Waals surface area contributed by atoms with Gasteiger partial charge in [0.05, 0.1) is 11.5 Å². The predicted molar refractivity (Wildman–Crippen MR) is 115 cm³/mol. The molecule has 1 amide bonds. The molecule has 1 aromatic carbocycles. The molecule has 176 valence electrons. The number of benzene rings is 1.